The van der Waals surface area contributed by atoms with E-state index in [2.05, 4.69) is 5.32 Å². The summed E-state index contributed by atoms with van der Waals surface area (Å²) in [5.41, 5.74) is 5.16. The predicted octanol–water partition coefficient (Wildman–Crippen LogP) is -2.10. The smallest absolute Gasteiger partial charge is 0.0895 e. The number of rotatable bonds is 8. The molecule has 0 spiro atoms. The van der Waals surface area contributed by atoms with Crippen molar-refractivity contribution in [2.24, 2.45) is 5.73 Å². The van der Waals surface area contributed by atoms with Crippen LogP contribution in [0.2, 0.25) is 0 Å². The van der Waals surface area contributed by atoms with Crippen molar-refractivity contribution in [1.82, 2.24) is 5.32 Å². The van der Waals surface area contributed by atoms with E-state index in [1.807, 2.05) is 0 Å². The van der Waals surface area contributed by atoms with Gasteiger partial charge >= 0.3 is 0 Å². The SMILES string of the molecule is NCC(O)COCCNCCO. The van der Waals surface area contributed by atoms with E-state index in [-0.39, 0.29) is 19.8 Å². The van der Waals surface area contributed by atoms with Crippen molar-refractivity contribution >= 4 is 0 Å². The topological polar surface area (TPSA) is 87.7 Å². The van der Waals surface area contributed by atoms with Gasteiger partial charge in [-0.3, -0.25) is 0 Å². The van der Waals surface area contributed by atoms with Gasteiger partial charge in [0.25, 0.3) is 0 Å². The highest BCUT2D eigenvalue weighted by Crippen LogP contribution is 1.80. The molecule has 1 unspecified atom stereocenters. The number of hydrogen-bond donors (Lipinski definition) is 4. The normalized spacial score (nSPS) is 13.2. The van der Waals surface area contributed by atoms with Crippen LogP contribution in [-0.4, -0.2) is 55.8 Å². The Balaban J connectivity index is 2.90. The van der Waals surface area contributed by atoms with Crippen LogP contribution >= 0.6 is 0 Å². The fraction of sp³-hybridized carbons (Fsp3) is 1.00. The van der Waals surface area contributed by atoms with Crippen LogP contribution in [0.3, 0.4) is 0 Å². The van der Waals surface area contributed by atoms with E-state index in [0.717, 1.165) is 0 Å². The fourth-order valence-electron chi connectivity index (χ4n) is 0.636. The number of nitrogens with one attached hydrogen (secondary N) is 1. The number of nitrogens with two attached hydrogens (primary N) is 1. The summed E-state index contributed by atoms with van der Waals surface area (Å²) in [7, 11) is 0. The highest BCUT2D eigenvalue weighted by Gasteiger charge is 1.98. The molecule has 1 atom stereocenters. The molecule has 0 saturated heterocycles. The van der Waals surface area contributed by atoms with Gasteiger partial charge in [-0.2, -0.15) is 0 Å². The number of aliphatic hydroxyl groups excluding tert-OH is 2. The summed E-state index contributed by atoms with van der Waals surface area (Å²) in [5, 5.41) is 20.3. The zero-order valence-corrected chi connectivity index (χ0v) is 7.20. The lowest BCUT2D eigenvalue weighted by Gasteiger charge is -2.08. The Morgan fingerprint density at radius 3 is 2.75 bits per heavy atom. The van der Waals surface area contributed by atoms with Gasteiger partial charge in [-0.25, -0.2) is 0 Å². The zero-order valence-electron chi connectivity index (χ0n) is 7.20. The number of aliphatic hydroxyl groups is 2. The van der Waals surface area contributed by atoms with Crippen LogP contribution in [0.15, 0.2) is 0 Å². The quantitative estimate of drug-likeness (QED) is 0.320. The van der Waals surface area contributed by atoms with Crippen LogP contribution < -0.4 is 11.1 Å². The molecule has 0 radical (unpaired) electrons. The summed E-state index contributed by atoms with van der Waals surface area (Å²) in [6.07, 6.45) is -0.567. The first-order valence-corrected chi connectivity index (χ1v) is 4.08. The largest absolute Gasteiger partial charge is 0.395 e. The minimum absolute atomic E-state index is 0.130. The molecule has 0 fully saturated rings. The Bertz CT molecular complexity index is 92.7. The van der Waals surface area contributed by atoms with E-state index in [1.165, 1.54) is 0 Å². The molecule has 0 aliphatic heterocycles. The molecule has 12 heavy (non-hydrogen) atoms. The molecule has 5 N–H and O–H groups in total. The van der Waals surface area contributed by atoms with Gasteiger partial charge in [0, 0.05) is 19.6 Å². The first kappa shape index (κ1) is 11.8. The molecule has 0 bridgehead atoms. The van der Waals surface area contributed by atoms with Gasteiger partial charge < -0.3 is 26.0 Å². The lowest BCUT2D eigenvalue weighted by molar-refractivity contribution is 0.0424. The maximum atomic E-state index is 8.95. The summed E-state index contributed by atoms with van der Waals surface area (Å²) in [6, 6.07) is 0. The van der Waals surface area contributed by atoms with Crippen LogP contribution in [0.4, 0.5) is 0 Å². The third-order valence-corrected chi connectivity index (χ3v) is 1.29. The van der Waals surface area contributed by atoms with Gasteiger partial charge in [0.1, 0.15) is 0 Å². The third kappa shape index (κ3) is 7.90. The zero-order chi connectivity index (χ0) is 9.23. The molecule has 5 nitrogen and oxygen atoms in total. The van der Waals surface area contributed by atoms with Crippen LogP contribution in [0, 0.1) is 0 Å². The molecule has 0 aliphatic carbocycles. The molecule has 0 heterocycles. The van der Waals surface area contributed by atoms with E-state index < -0.39 is 6.10 Å². The molecule has 0 aliphatic rings. The highest BCUT2D eigenvalue weighted by molar-refractivity contribution is 4.52. The fourth-order valence-corrected chi connectivity index (χ4v) is 0.636. The third-order valence-electron chi connectivity index (χ3n) is 1.29. The van der Waals surface area contributed by atoms with Crippen molar-refractivity contribution in [2.45, 2.75) is 6.10 Å². The first-order valence-electron chi connectivity index (χ1n) is 4.08. The Morgan fingerprint density at radius 1 is 1.42 bits per heavy atom. The van der Waals surface area contributed by atoms with Gasteiger partial charge in [0.2, 0.25) is 0 Å². The minimum atomic E-state index is -0.567. The standard InChI is InChI=1S/C7H18N2O3/c8-5-7(11)6-12-4-2-9-1-3-10/h7,9-11H,1-6,8H2. The van der Waals surface area contributed by atoms with Gasteiger partial charge in [0.15, 0.2) is 0 Å². The summed E-state index contributed by atoms with van der Waals surface area (Å²) in [4.78, 5) is 0. The van der Waals surface area contributed by atoms with E-state index in [4.69, 9.17) is 20.7 Å². The summed E-state index contributed by atoms with van der Waals surface area (Å²) in [5.74, 6) is 0. The van der Waals surface area contributed by atoms with Crippen molar-refractivity contribution in [2.75, 3.05) is 39.5 Å². The second-order valence-corrected chi connectivity index (χ2v) is 2.44. The van der Waals surface area contributed by atoms with Crippen molar-refractivity contribution in [3.63, 3.8) is 0 Å². The lowest BCUT2D eigenvalue weighted by Crippen LogP contribution is -2.28. The molecule has 0 aromatic heterocycles. The van der Waals surface area contributed by atoms with Gasteiger partial charge in [-0.15, -0.1) is 0 Å². The van der Waals surface area contributed by atoms with Gasteiger partial charge in [-0.05, 0) is 0 Å². The minimum Gasteiger partial charge on any atom is -0.395 e. The van der Waals surface area contributed by atoms with E-state index in [9.17, 15) is 0 Å². The summed E-state index contributed by atoms with van der Waals surface area (Å²) in [6.45, 7) is 2.41. The van der Waals surface area contributed by atoms with Crippen molar-refractivity contribution in [3.05, 3.63) is 0 Å². The van der Waals surface area contributed by atoms with Crippen molar-refractivity contribution in [1.29, 1.82) is 0 Å². The first-order chi connectivity index (χ1) is 5.81. The monoisotopic (exact) mass is 178 g/mol. The van der Waals surface area contributed by atoms with E-state index in [1.54, 1.807) is 0 Å². The Hall–Kier alpha value is -0.200. The molecule has 5 heteroatoms. The summed E-state index contributed by atoms with van der Waals surface area (Å²) >= 11 is 0. The van der Waals surface area contributed by atoms with Gasteiger partial charge in [0.05, 0.1) is 25.9 Å². The molecular formula is C7H18N2O3. The Kier molecular flexibility index (Phi) is 8.74. The maximum absolute atomic E-state index is 8.95. The molecule has 0 saturated carbocycles. The van der Waals surface area contributed by atoms with Crippen LogP contribution in [0.5, 0.6) is 0 Å². The number of ether oxygens (including phenoxy) is 1. The molecular weight excluding hydrogens is 160 g/mol. The predicted molar refractivity (Wildman–Crippen MR) is 45.8 cm³/mol. The molecule has 0 aromatic carbocycles. The van der Waals surface area contributed by atoms with Gasteiger partial charge in [-0.1, -0.05) is 0 Å². The van der Waals surface area contributed by atoms with E-state index in [0.29, 0.717) is 19.7 Å². The maximum Gasteiger partial charge on any atom is 0.0895 e. The van der Waals surface area contributed by atoms with Crippen LogP contribution in [0.1, 0.15) is 0 Å². The summed E-state index contributed by atoms with van der Waals surface area (Å²) < 4.78 is 5.06. The number of hydrogen-bond acceptors (Lipinski definition) is 5. The second-order valence-electron chi connectivity index (χ2n) is 2.44. The lowest BCUT2D eigenvalue weighted by atomic mass is 10.4. The van der Waals surface area contributed by atoms with E-state index >= 15 is 0 Å². The average molecular weight is 178 g/mol. The van der Waals surface area contributed by atoms with Crippen molar-refractivity contribution in [3.8, 4) is 0 Å². The van der Waals surface area contributed by atoms with Crippen LogP contribution in [-0.2, 0) is 4.74 Å². The Labute approximate surface area is 72.5 Å². The molecule has 74 valence electrons. The molecule has 0 amide bonds. The van der Waals surface area contributed by atoms with Crippen LogP contribution in [0.25, 0.3) is 0 Å². The highest BCUT2D eigenvalue weighted by atomic mass is 16.5. The molecule has 0 rings (SSSR count). The second kappa shape index (κ2) is 8.89. The Morgan fingerprint density at radius 2 is 2.17 bits per heavy atom. The molecule has 0 aromatic rings. The average Bonchev–Trinajstić information content (AvgIpc) is 2.10. The van der Waals surface area contributed by atoms with Crippen molar-refractivity contribution < 1.29 is 14.9 Å².